The molecule has 1 fully saturated rings. The van der Waals surface area contributed by atoms with Gasteiger partial charge in [0.05, 0.1) is 11.4 Å². The van der Waals surface area contributed by atoms with Crippen molar-refractivity contribution in [3.05, 3.63) is 17.3 Å². The maximum Gasteiger partial charge on any atom is 0.211 e. The summed E-state index contributed by atoms with van der Waals surface area (Å²) in [5, 5.41) is 8.36. The number of aromatic nitrogens is 2. The molecule has 0 aliphatic carbocycles. The van der Waals surface area contributed by atoms with E-state index in [-0.39, 0.29) is 11.8 Å². The lowest BCUT2D eigenvalue weighted by molar-refractivity contribution is 0.458. The largest absolute Gasteiger partial charge is 0.355 e. The maximum absolute atomic E-state index is 11.6. The van der Waals surface area contributed by atoms with E-state index < -0.39 is 10.0 Å². The molecular formula is C13H22N4O2S. The molecule has 0 aromatic carbocycles. The van der Waals surface area contributed by atoms with Gasteiger partial charge in [0.2, 0.25) is 10.0 Å². The third kappa shape index (κ3) is 3.67. The van der Waals surface area contributed by atoms with E-state index in [4.69, 9.17) is 0 Å². The molecule has 2 rings (SSSR count). The van der Waals surface area contributed by atoms with Crippen LogP contribution >= 0.6 is 0 Å². The summed E-state index contributed by atoms with van der Waals surface area (Å²) in [4.78, 5) is 2.16. The molecule has 0 unspecified atom stereocenters. The normalized spacial score (nSPS) is 17.4. The van der Waals surface area contributed by atoms with Gasteiger partial charge in [-0.2, -0.15) is 5.10 Å². The number of aryl methyl sites for hydroxylation is 2. The lowest BCUT2D eigenvalue weighted by atomic mass is 10.1. The predicted molar refractivity (Wildman–Crippen MR) is 79.3 cm³/mol. The Morgan fingerprint density at radius 2 is 1.95 bits per heavy atom. The number of hydrogen-bond donors (Lipinski definition) is 1. The number of anilines is 1. The van der Waals surface area contributed by atoms with Crippen LogP contribution in [0.25, 0.3) is 0 Å². The fraction of sp³-hybridized carbons (Fsp3) is 0.692. The molecule has 1 aliphatic rings. The molecule has 1 aliphatic heterocycles. The van der Waals surface area contributed by atoms with E-state index in [0.717, 1.165) is 43.0 Å². The SMILES string of the molecule is CCS(=O)(=O)NC1CCN(c2cc(C)c(C)nn2)CC1. The van der Waals surface area contributed by atoms with Crippen molar-refractivity contribution in [2.24, 2.45) is 0 Å². The van der Waals surface area contributed by atoms with E-state index in [9.17, 15) is 8.42 Å². The van der Waals surface area contributed by atoms with Gasteiger partial charge in [-0.25, -0.2) is 13.1 Å². The first-order chi connectivity index (χ1) is 9.41. The molecule has 1 aromatic rings. The van der Waals surface area contributed by atoms with Crippen LogP contribution in [0, 0.1) is 13.8 Å². The van der Waals surface area contributed by atoms with E-state index in [1.807, 2.05) is 19.9 Å². The van der Waals surface area contributed by atoms with Crippen LogP contribution in [0.1, 0.15) is 31.0 Å². The summed E-state index contributed by atoms with van der Waals surface area (Å²) in [7, 11) is -3.11. The molecule has 1 saturated heterocycles. The van der Waals surface area contributed by atoms with Crippen LogP contribution in [-0.2, 0) is 10.0 Å². The molecule has 0 radical (unpaired) electrons. The van der Waals surface area contributed by atoms with Crippen molar-refractivity contribution in [2.45, 2.75) is 39.7 Å². The molecule has 2 heterocycles. The average molecular weight is 298 g/mol. The lowest BCUT2D eigenvalue weighted by Gasteiger charge is -2.32. The van der Waals surface area contributed by atoms with Crippen molar-refractivity contribution >= 4 is 15.8 Å². The highest BCUT2D eigenvalue weighted by Gasteiger charge is 2.23. The third-order valence-electron chi connectivity index (χ3n) is 3.76. The highest BCUT2D eigenvalue weighted by Crippen LogP contribution is 2.19. The molecular weight excluding hydrogens is 276 g/mol. The number of rotatable bonds is 4. The Kier molecular flexibility index (Phi) is 4.59. The number of sulfonamides is 1. The quantitative estimate of drug-likeness (QED) is 0.897. The number of nitrogens with one attached hydrogen (secondary N) is 1. The fourth-order valence-corrected chi connectivity index (χ4v) is 3.16. The van der Waals surface area contributed by atoms with Crippen LogP contribution in [0.5, 0.6) is 0 Å². The summed E-state index contributed by atoms with van der Waals surface area (Å²) in [5.41, 5.74) is 2.07. The number of piperidine rings is 1. The van der Waals surface area contributed by atoms with Gasteiger partial charge in [0, 0.05) is 19.1 Å². The Bertz CT molecular complexity index is 566. The second kappa shape index (κ2) is 6.05. The topological polar surface area (TPSA) is 75.2 Å². The predicted octanol–water partition coefficient (Wildman–Crippen LogP) is 1.00. The Hall–Kier alpha value is -1.21. The summed E-state index contributed by atoms with van der Waals surface area (Å²) in [6, 6.07) is 2.08. The van der Waals surface area contributed by atoms with Gasteiger partial charge in [-0.1, -0.05) is 0 Å². The molecule has 7 heteroatoms. The van der Waals surface area contributed by atoms with Crippen LogP contribution < -0.4 is 9.62 Å². The third-order valence-corrected chi connectivity index (χ3v) is 5.22. The van der Waals surface area contributed by atoms with Gasteiger partial charge in [-0.05, 0) is 45.2 Å². The minimum Gasteiger partial charge on any atom is -0.355 e. The second-order valence-corrected chi connectivity index (χ2v) is 7.30. The van der Waals surface area contributed by atoms with Crippen molar-refractivity contribution < 1.29 is 8.42 Å². The van der Waals surface area contributed by atoms with Crippen LogP contribution in [0.4, 0.5) is 5.82 Å². The zero-order valence-electron chi connectivity index (χ0n) is 12.3. The second-order valence-electron chi connectivity index (χ2n) is 5.25. The Morgan fingerprint density at radius 3 is 2.50 bits per heavy atom. The first-order valence-electron chi connectivity index (χ1n) is 6.97. The van der Waals surface area contributed by atoms with Crippen molar-refractivity contribution in [2.75, 3.05) is 23.7 Å². The summed E-state index contributed by atoms with van der Waals surface area (Å²) >= 11 is 0. The molecule has 0 amide bonds. The molecule has 0 saturated carbocycles. The molecule has 20 heavy (non-hydrogen) atoms. The molecule has 6 nitrogen and oxygen atoms in total. The average Bonchev–Trinajstić information content (AvgIpc) is 2.42. The first kappa shape index (κ1) is 15.2. The van der Waals surface area contributed by atoms with Gasteiger partial charge >= 0.3 is 0 Å². The van der Waals surface area contributed by atoms with Gasteiger partial charge in [-0.15, -0.1) is 5.10 Å². The Labute approximate surface area is 120 Å². The molecule has 0 atom stereocenters. The molecule has 112 valence electrons. The summed E-state index contributed by atoms with van der Waals surface area (Å²) in [6.45, 7) is 7.22. The molecule has 0 bridgehead atoms. The monoisotopic (exact) mass is 298 g/mol. The van der Waals surface area contributed by atoms with Crippen LogP contribution in [0.2, 0.25) is 0 Å². The van der Waals surface area contributed by atoms with E-state index in [2.05, 4.69) is 19.8 Å². The molecule has 1 aromatic heterocycles. The van der Waals surface area contributed by atoms with Gasteiger partial charge in [-0.3, -0.25) is 0 Å². The van der Waals surface area contributed by atoms with Gasteiger partial charge in [0.25, 0.3) is 0 Å². The summed E-state index contributed by atoms with van der Waals surface area (Å²) in [6.07, 6.45) is 1.60. The van der Waals surface area contributed by atoms with Crippen molar-refractivity contribution in [1.29, 1.82) is 0 Å². The lowest BCUT2D eigenvalue weighted by Crippen LogP contribution is -2.45. The van der Waals surface area contributed by atoms with Crippen LogP contribution in [0.3, 0.4) is 0 Å². The van der Waals surface area contributed by atoms with E-state index in [0.29, 0.717) is 0 Å². The minimum absolute atomic E-state index is 0.0377. The highest BCUT2D eigenvalue weighted by atomic mass is 32.2. The number of hydrogen-bond acceptors (Lipinski definition) is 5. The van der Waals surface area contributed by atoms with Gasteiger partial charge in [0.1, 0.15) is 0 Å². The van der Waals surface area contributed by atoms with E-state index >= 15 is 0 Å². The van der Waals surface area contributed by atoms with Crippen molar-refractivity contribution in [1.82, 2.24) is 14.9 Å². The van der Waals surface area contributed by atoms with Crippen molar-refractivity contribution in [3.8, 4) is 0 Å². The summed E-state index contributed by atoms with van der Waals surface area (Å²) < 4.78 is 25.9. The standard InChI is InChI=1S/C13H22N4O2S/c1-4-20(18,19)16-12-5-7-17(8-6-12)13-9-10(2)11(3)14-15-13/h9,12,16H,4-8H2,1-3H3. The zero-order valence-corrected chi connectivity index (χ0v) is 13.1. The minimum atomic E-state index is -3.11. The van der Waals surface area contributed by atoms with Crippen LogP contribution in [-0.4, -0.2) is 43.5 Å². The van der Waals surface area contributed by atoms with Crippen LogP contribution in [0.15, 0.2) is 6.07 Å². The molecule has 0 spiro atoms. The Balaban J connectivity index is 1.95. The van der Waals surface area contributed by atoms with E-state index in [1.165, 1.54) is 0 Å². The summed E-state index contributed by atoms with van der Waals surface area (Å²) in [5.74, 6) is 1.01. The first-order valence-corrected chi connectivity index (χ1v) is 8.62. The van der Waals surface area contributed by atoms with Crippen molar-refractivity contribution in [3.63, 3.8) is 0 Å². The fourth-order valence-electron chi connectivity index (χ4n) is 2.25. The highest BCUT2D eigenvalue weighted by molar-refractivity contribution is 7.89. The van der Waals surface area contributed by atoms with Gasteiger partial charge < -0.3 is 4.90 Å². The zero-order chi connectivity index (χ0) is 14.8. The number of nitrogens with zero attached hydrogens (tertiary/aromatic N) is 3. The molecule has 1 N–H and O–H groups in total. The Morgan fingerprint density at radius 1 is 1.30 bits per heavy atom. The van der Waals surface area contributed by atoms with E-state index in [1.54, 1.807) is 6.92 Å². The smallest absolute Gasteiger partial charge is 0.211 e. The van der Waals surface area contributed by atoms with Gasteiger partial charge in [0.15, 0.2) is 5.82 Å². The maximum atomic E-state index is 11.6.